The lowest BCUT2D eigenvalue weighted by molar-refractivity contribution is 0.0174. The first kappa shape index (κ1) is 55.5. The molecule has 1 saturated heterocycles. The van der Waals surface area contributed by atoms with Crippen molar-refractivity contribution in [3.63, 3.8) is 0 Å². The van der Waals surface area contributed by atoms with E-state index < -0.39 is 29.9 Å². The van der Waals surface area contributed by atoms with E-state index >= 15 is 9.59 Å². The van der Waals surface area contributed by atoms with Gasteiger partial charge in [0.2, 0.25) is 5.78 Å². The number of nitrogens with zero attached hydrogens (tertiary/aromatic N) is 1. The van der Waals surface area contributed by atoms with Crippen molar-refractivity contribution in [1.29, 1.82) is 0 Å². The van der Waals surface area contributed by atoms with Crippen LogP contribution < -0.4 is 24.3 Å². The van der Waals surface area contributed by atoms with Crippen LogP contribution in [0.5, 0.6) is 23.0 Å². The highest BCUT2D eigenvalue weighted by Gasteiger charge is 2.35. The van der Waals surface area contributed by atoms with Crippen LogP contribution >= 0.6 is 0 Å². The van der Waals surface area contributed by atoms with Gasteiger partial charge in [-0.05, 0) is 101 Å². The van der Waals surface area contributed by atoms with Gasteiger partial charge in [-0.15, -0.1) is 0 Å². The molecule has 12 heteroatoms. The Balaban J connectivity index is 1.01. The number of hydrogen-bond donors (Lipinski definition) is 1. The van der Waals surface area contributed by atoms with Gasteiger partial charge in [0.25, 0.3) is 5.91 Å². The number of rotatable bonds is 23. The SMILES string of the molecule is O=C(N[C@@H]1CN(Cc2ccccc2)CCC[C@H]1OC(=O)c1cc(OCc2ccccc2)c(C(=O)c2c(OCc3ccccc3)cccc2C(=O)OCc2ccccc2)c(OCc2ccccc2)c1)c1ccc(OCc2ccccc2)cc1. The number of benzene rings is 9. The molecule has 1 fully saturated rings. The van der Waals surface area contributed by atoms with Crippen LogP contribution in [0.25, 0.3) is 0 Å². The summed E-state index contributed by atoms with van der Waals surface area (Å²) in [4.78, 5) is 61.8. The van der Waals surface area contributed by atoms with Gasteiger partial charge in [-0.1, -0.05) is 188 Å². The highest BCUT2D eigenvalue weighted by Crippen LogP contribution is 2.38. The molecular formula is C70H62N2O10. The number of nitrogens with one attached hydrogen (secondary N) is 1. The van der Waals surface area contributed by atoms with Gasteiger partial charge in [0.05, 0.1) is 22.7 Å². The van der Waals surface area contributed by atoms with Crippen LogP contribution in [0.2, 0.25) is 0 Å². The van der Waals surface area contributed by atoms with Gasteiger partial charge in [0, 0.05) is 18.7 Å². The standard InChI is InChI=1S/C70H62N2O10/c73-67(65-59(70(76)81-49-55-31-17-6-18-32-55)33-19-34-62(65)78-46-52-25-11-3-12-26-52)66-63(79-47-53-27-13-4-14-28-53)41-57(42-64(66)80-48-54-29-15-5-16-30-54)69(75)82-61-35-20-40-72(43-50-21-7-1-8-22-50)44-60(61)71-68(74)56-36-38-58(39-37-56)77-45-51-23-9-2-10-24-51/h1-19,21-34,36-39,41-42,60-61H,20,35,40,43-49H2,(H,71,74)/t60-,61-/m1/s1. The van der Waals surface area contributed by atoms with Gasteiger partial charge >= 0.3 is 11.9 Å². The van der Waals surface area contributed by atoms with Crippen molar-refractivity contribution in [2.75, 3.05) is 13.1 Å². The topological polar surface area (TPSA) is 139 Å². The molecule has 0 unspecified atom stereocenters. The quantitative estimate of drug-likeness (QED) is 0.0484. The minimum atomic E-state index is -0.785. The Morgan fingerprint density at radius 1 is 0.439 bits per heavy atom. The number of esters is 2. The summed E-state index contributed by atoms with van der Waals surface area (Å²) in [6.45, 7) is 2.07. The summed E-state index contributed by atoms with van der Waals surface area (Å²) in [6.07, 6.45) is 0.312. The van der Waals surface area contributed by atoms with Crippen LogP contribution in [0.15, 0.2) is 237 Å². The molecule has 0 aliphatic carbocycles. The normalized spacial score (nSPS) is 14.1. The number of ether oxygens (including phenoxy) is 6. The lowest BCUT2D eigenvalue weighted by Gasteiger charge is -2.29. The Kier molecular flexibility index (Phi) is 18.9. The minimum absolute atomic E-state index is 0.00994. The molecule has 1 aliphatic heterocycles. The van der Waals surface area contributed by atoms with Crippen LogP contribution in [0, 0.1) is 0 Å². The van der Waals surface area contributed by atoms with Crippen molar-refractivity contribution in [2.45, 2.75) is 64.6 Å². The number of ketones is 1. The maximum atomic E-state index is 15.9. The smallest absolute Gasteiger partial charge is 0.339 e. The zero-order valence-corrected chi connectivity index (χ0v) is 45.3. The van der Waals surface area contributed by atoms with E-state index in [0.717, 1.165) is 33.4 Å². The average Bonchev–Trinajstić information content (AvgIpc) is 3.80. The third kappa shape index (κ3) is 15.1. The van der Waals surface area contributed by atoms with Gasteiger partial charge in [0.15, 0.2) is 0 Å². The highest BCUT2D eigenvalue weighted by molar-refractivity contribution is 6.19. The van der Waals surface area contributed by atoms with Crippen LogP contribution in [0.3, 0.4) is 0 Å². The highest BCUT2D eigenvalue weighted by atomic mass is 16.5. The van der Waals surface area contributed by atoms with Crippen molar-refractivity contribution in [3.8, 4) is 23.0 Å². The Labute approximate surface area is 477 Å². The second-order valence-electron chi connectivity index (χ2n) is 19.9. The zero-order valence-electron chi connectivity index (χ0n) is 45.3. The monoisotopic (exact) mass is 1090 g/mol. The summed E-state index contributed by atoms with van der Waals surface area (Å²) in [7, 11) is 0. The minimum Gasteiger partial charge on any atom is -0.489 e. The molecule has 1 N–H and O–H groups in total. The maximum absolute atomic E-state index is 15.9. The Morgan fingerprint density at radius 3 is 1.41 bits per heavy atom. The molecule has 0 aromatic heterocycles. The predicted molar refractivity (Wildman–Crippen MR) is 313 cm³/mol. The fourth-order valence-corrected chi connectivity index (χ4v) is 9.72. The third-order valence-corrected chi connectivity index (χ3v) is 14.0. The molecule has 12 nitrogen and oxygen atoms in total. The van der Waals surface area contributed by atoms with E-state index in [1.54, 1.807) is 36.4 Å². The van der Waals surface area contributed by atoms with Crippen molar-refractivity contribution in [3.05, 3.63) is 298 Å². The summed E-state index contributed by atoms with van der Waals surface area (Å²) in [5.74, 6) is -1.79. The predicted octanol–water partition coefficient (Wildman–Crippen LogP) is 13.2. The zero-order chi connectivity index (χ0) is 56.3. The summed E-state index contributed by atoms with van der Waals surface area (Å²) in [5.41, 5.74) is 5.52. The molecular weight excluding hydrogens is 1030 g/mol. The molecule has 0 bridgehead atoms. The van der Waals surface area contributed by atoms with E-state index in [0.29, 0.717) is 50.4 Å². The Morgan fingerprint density at radius 2 is 0.902 bits per heavy atom. The van der Waals surface area contributed by atoms with Crippen molar-refractivity contribution >= 4 is 23.6 Å². The molecule has 10 rings (SSSR count). The Hall–Kier alpha value is -9.78. The largest absolute Gasteiger partial charge is 0.489 e. The molecule has 9 aromatic rings. The van der Waals surface area contributed by atoms with Crippen LogP contribution in [-0.2, 0) is 49.1 Å². The molecule has 1 heterocycles. The first-order valence-electron chi connectivity index (χ1n) is 27.4. The lowest BCUT2D eigenvalue weighted by atomic mass is 9.94. The summed E-state index contributed by atoms with van der Waals surface area (Å²) >= 11 is 0. The number of amides is 1. The van der Waals surface area contributed by atoms with Crippen LogP contribution in [0.4, 0.5) is 0 Å². The van der Waals surface area contributed by atoms with E-state index in [1.807, 2.05) is 170 Å². The molecule has 0 spiro atoms. The first-order valence-corrected chi connectivity index (χ1v) is 27.4. The molecule has 412 valence electrons. The van der Waals surface area contributed by atoms with E-state index in [9.17, 15) is 9.59 Å². The van der Waals surface area contributed by atoms with Gasteiger partial charge < -0.3 is 33.7 Å². The molecule has 0 saturated carbocycles. The fraction of sp³-hybridized carbons (Fsp3) is 0.171. The van der Waals surface area contributed by atoms with Crippen molar-refractivity contribution < 1.29 is 47.6 Å². The molecule has 82 heavy (non-hydrogen) atoms. The van der Waals surface area contributed by atoms with E-state index in [2.05, 4.69) is 22.3 Å². The van der Waals surface area contributed by atoms with E-state index in [1.165, 1.54) is 18.2 Å². The maximum Gasteiger partial charge on any atom is 0.339 e. The Bertz CT molecular complexity index is 3470. The number of carbonyl (C=O) groups excluding carboxylic acids is 4. The second kappa shape index (κ2) is 27.9. The number of likely N-dealkylation sites (tertiary alicyclic amines) is 1. The van der Waals surface area contributed by atoms with Gasteiger partial charge in [-0.25, -0.2) is 9.59 Å². The first-order chi connectivity index (χ1) is 40.3. The molecule has 9 aromatic carbocycles. The fourth-order valence-electron chi connectivity index (χ4n) is 9.72. The second-order valence-corrected chi connectivity index (χ2v) is 19.9. The molecule has 1 aliphatic rings. The summed E-state index contributed by atoms with van der Waals surface area (Å²) < 4.78 is 38.1. The number of carbonyl (C=O) groups is 4. The van der Waals surface area contributed by atoms with E-state index in [-0.39, 0.29) is 71.8 Å². The summed E-state index contributed by atoms with van der Waals surface area (Å²) in [6, 6.07) is 71.5. The lowest BCUT2D eigenvalue weighted by Crippen LogP contribution is -2.50. The van der Waals surface area contributed by atoms with Crippen LogP contribution in [0.1, 0.15) is 93.2 Å². The van der Waals surface area contributed by atoms with E-state index in [4.69, 9.17) is 28.4 Å². The van der Waals surface area contributed by atoms with Gasteiger partial charge in [-0.2, -0.15) is 0 Å². The van der Waals surface area contributed by atoms with Crippen LogP contribution in [-0.4, -0.2) is 53.8 Å². The summed E-state index contributed by atoms with van der Waals surface area (Å²) in [5, 5.41) is 3.23. The van der Waals surface area contributed by atoms with Gasteiger partial charge in [0.1, 0.15) is 67.7 Å². The average molecular weight is 1090 g/mol. The number of hydrogen-bond acceptors (Lipinski definition) is 11. The van der Waals surface area contributed by atoms with Crippen molar-refractivity contribution in [2.24, 2.45) is 0 Å². The van der Waals surface area contributed by atoms with Crippen molar-refractivity contribution in [1.82, 2.24) is 10.2 Å². The molecule has 1 amide bonds. The molecule has 2 atom stereocenters. The molecule has 0 radical (unpaired) electrons. The van der Waals surface area contributed by atoms with Gasteiger partial charge in [-0.3, -0.25) is 14.5 Å². The third-order valence-electron chi connectivity index (χ3n) is 14.0.